The summed E-state index contributed by atoms with van der Waals surface area (Å²) in [4.78, 5) is 68.1. The number of hydrogen-bond acceptors (Lipinski definition) is 10. The second kappa shape index (κ2) is 26.0. The Morgan fingerprint density at radius 1 is 0.911 bits per heavy atom. The molecular formula is C43H65N5O8. The lowest BCUT2D eigenvalue weighted by molar-refractivity contribution is -0.150. The molecule has 2 aromatic carbocycles. The van der Waals surface area contributed by atoms with E-state index in [-0.39, 0.29) is 52.0 Å². The van der Waals surface area contributed by atoms with Crippen LogP contribution < -0.4 is 16.4 Å². The molecule has 0 bridgehead atoms. The Hall–Kier alpha value is -5.01. The molecule has 0 aliphatic carbocycles. The van der Waals surface area contributed by atoms with E-state index >= 15 is 0 Å². The van der Waals surface area contributed by atoms with Crippen LogP contribution in [0.15, 0.2) is 84.6 Å². The lowest BCUT2D eigenvalue weighted by Gasteiger charge is -2.44. The highest BCUT2D eigenvalue weighted by molar-refractivity contribution is 5.86. The lowest BCUT2D eigenvalue weighted by atomic mass is 9.82. The summed E-state index contributed by atoms with van der Waals surface area (Å²) in [6.07, 6.45) is 1.64. The normalized spacial score (nSPS) is 12.8. The number of benzene rings is 2. The Morgan fingerprint density at radius 2 is 1.46 bits per heavy atom. The number of ether oxygens (including phenoxy) is 2. The number of nitrogens with two attached hydrogens (primary N) is 1. The Balaban J connectivity index is 0.00000771. The molecule has 0 saturated carbocycles. The summed E-state index contributed by atoms with van der Waals surface area (Å²) in [7, 11) is 1.91. The molecule has 5 N–H and O–H groups in total. The number of likely N-dealkylation sites (N-methyl/N-ethyl adjacent to an activating group) is 1. The van der Waals surface area contributed by atoms with Crippen molar-refractivity contribution >= 4 is 29.7 Å². The van der Waals surface area contributed by atoms with Crippen molar-refractivity contribution in [2.24, 2.45) is 11.1 Å². The number of allylic oxidation sites excluding steroid dienone is 1. The van der Waals surface area contributed by atoms with Gasteiger partial charge in [-0.1, -0.05) is 114 Å². The molecule has 3 amide bonds. The highest BCUT2D eigenvalue weighted by Crippen LogP contribution is 2.32. The van der Waals surface area contributed by atoms with Gasteiger partial charge in [-0.25, -0.2) is 4.79 Å². The fourth-order valence-electron chi connectivity index (χ4n) is 5.90. The van der Waals surface area contributed by atoms with Gasteiger partial charge in [-0.05, 0) is 43.2 Å². The van der Waals surface area contributed by atoms with Gasteiger partial charge >= 0.3 is 11.9 Å². The number of nitrogens with one attached hydrogen (secondary N) is 2. The fourth-order valence-corrected chi connectivity index (χ4v) is 5.90. The molecule has 0 aliphatic rings. The molecule has 0 radical (unpaired) electrons. The van der Waals surface area contributed by atoms with E-state index in [0.717, 1.165) is 22.4 Å². The smallest absolute Gasteiger partial charge is 0.328 e. The van der Waals surface area contributed by atoms with Gasteiger partial charge in [0, 0.05) is 45.2 Å². The first-order chi connectivity index (χ1) is 26.6. The summed E-state index contributed by atoms with van der Waals surface area (Å²) in [6.45, 7) is 17.7. The van der Waals surface area contributed by atoms with Crippen LogP contribution in [0.3, 0.4) is 0 Å². The zero-order valence-electron chi connectivity index (χ0n) is 34.6. The highest BCUT2D eigenvalue weighted by Gasteiger charge is 2.37. The predicted octanol–water partition coefficient (Wildman–Crippen LogP) is 4.64. The van der Waals surface area contributed by atoms with Gasteiger partial charge < -0.3 is 40.7 Å². The van der Waals surface area contributed by atoms with E-state index in [9.17, 15) is 29.1 Å². The monoisotopic (exact) mass is 779 g/mol. The van der Waals surface area contributed by atoms with Gasteiger partial charge in [-0.3, -0.25) is 19.2 Å². The zero-order valence-corrected chi connectivity index (χ0v) is 34.6. The van der Waals surface area contributed by atoms with Gasteiger partial charge in [0.25, 0.3) is 0 Å². The quantitative estimate of drug-likeness (QED) is 0.0972. The van der Waals surface area contributed by atoms with Gasteiger partial charge in [-0.15, -0.1) is 0 Å². The van der Waals surface area contributed by atoms with Gasteiger partial charge in [-0.2, -0.15) is 0 Å². The summed E-state index contributed by atoms with van der Waals surface area (Å²) in [5, 5.41) is 15.1. The van der Waals surface area contributed by atoms with Crippen LogP contribution >= 0.6 is 0 Å². The number of nitrogens with zero attached hydrogens (tertiary/aromatic N) is 2. The predicted molar refractivity (Wildman–Crippen MR) is 218 cm³/mol. The number of rotatable bonds is 22. The fraction of sp³-hybridized carbons (Fsp3) is 0.512. The molecule has 13 nitrogen and oxygen atoms in total. The topological polar surface area (TPSA) is 181 Å². The molecule has 2 aromatic rings. The van der Waals surface area contributed by atoms with E-state index in [1.165, 1.54) is 0 Å². The standard InChI is InChI=1S/C41H59N5O8.C2H6/c1-8-34(45(7)25-29(2)3)38(41(4,5)6)46(36(49)26-47)24-22-32(42)39(51)43-23-21-35(48)44-33(40(52)54-28-31-17-13-10-14-18-31)19-20-37(50)53-27-30-15-11-9-12-16-30;1-2/h8-18,32-33,38,47H,2,19-28,42H2,1,3-7H3,(H,43,51)(H,44,48);1-2H3/b34-8-;. The van der Waals surface area contributed by atoms with Crippen molar-refractivity contribution in [3.63, 3.8) is 0 Å². The number of carbonyl (C=O) groups is 5. The van der Waals surface area contributed by atoms with Crippen LogP contribution in [0.5, 0.6) is 0 Å². The third-order valence-electron chi connectivity index (χ3n) is 8.50. The first-order valence-electron chi connectivity index (χ1n) is 19.2. The van der Waals surface area contributed by atoms with Crippen molar-refractivity contribution in [1.29, 1.82) is 0 Å². The third kappa shape index (κ3) is 18.1. The second-order valence-electron chi connectivity index (χ2n) is 14.4. The second-order valence-corrected chi connectivity index (χ2v) is 14.4. The van der Waals surface area contributed by atoms with Crippen molar-refractivity contribution in [3.8, 4) is 0 Å². The molecular weight excluding hydrogens is 714 g/mol. The Kier molecular flexibility index (Phi) is 22.7. The van der Waals surface area contributed by atoms with Crippen LogP contribution in [0.2, 0.25) is 0 Å². The Morgan fingerprint density at radius 3 is 1.96 bits per heavy atom. The van der Waals surface area contributed by atoms with Crippen LogP contribution in [0.1, 0.15) is 85.3 Å². The van der Waals surface area contributed by atoms with Crippen molar-refractivity contribution in [3.05, 3.63) is 95.7 Å². The van der Waals surface area contributed by atoms with Gasteiger partial charge in [0.15, 0.2) is 0 Å². The SMILES string of the molecule is C=C(C)CN(C)/C(=C\C)C(N(CCC(N)C(=O)NCCC(=O)NC(CCC(=O)OCc1ccccc1)C(=O)OCc1ccccc1)C(=O)CO)C(C)(C)C.CC. The van der Waals surface area contributed by atoms with Crippen molar-refractivity contribution in [2.75, 3.05) is 33.3 Å². The summed E-state index contributed by atoms with van der Waals surface area (Å²) in [6, 6.07) is 15.6. The Bertz CT molecular complexity index is 1560. The number of hydrogen-bond donors (Lipinski definition) is 4. The van der Waals surface area contributed by atoms with Crippen LogP contribution in [-0.4, -0.2) is 96.0 Å². The minimum absolute atomic E-state index is 0.0164. The van der Waals surface area contributed by atoms with E-state index in [2.05, 4.69) is 17.2 Å². The van der Waals surface area contributed by atoms with Crippen molar-refractivity contribution in [2.45, 2.75) is 105 Å². The minimum Gasteiger partial charge on any atom is -0.461 e. The average molecular weight is 780 g/mol. The zero-order chi connectivity index (χ0) is 42.3. The molecule has 3 unspecified atom stereocenters. The van der Waals surface area contributed by atoms with Crippen LogP contribution in [0.4, 0.5) is 0 Å². The number of esters is 2. The van der Waals surface area contributed by atoms with Gasteiger partial charge in [0.2, 0.25) is 17.7 Å². The Labute approximate surface area is 333 Å². The third-order valence-corrected chi connectivity index (χ3v) is 8.50. The number of amides is 3. The van der Waals surface area contributed by atoms with E-state index in [4.69, 9.17) is 15.2 Å². The minimum atomic E-state index is -1.13. The van der Waals surface area contributed by atoms with Crippen molar-refractivity contribution in [1.82, 2.24) is 20.4 Å². The summed E-state index contributed by atoms with van der Waals surface area (Å²) < 4.78 is 10.8. The lowest BCUT2D eigenvalue weighted by Crippen LogP contribution is -2.54. The van der Waals surface area contributed by atoms with Crippen LogP contribution in [-0.2, 0) is 46.7 Å². The highest BCUT2D eigenvalue weighted by atomic mass is 16.5. The van der Waals surface area contributed by atoms with Gasteiger partial charge in [0.05, 0.1) is 12.1 Å². The molecule has 0 heterocycles. The van der Waals surface area contributed by atoms with Gasteiger partial charge in [0.1, 0.15) is 25.9 Å². The largest absolute Gasteiger partial charge is 0.461 e. The molecule has 0 aromatic heterocycles. The van der Waals surface area contributed by atoms with E-state index < -0.39 is 59.8 Å². The number of carbonyl (C=O) groups excluding carboxylic acids is 5. The summed E-state index contributed by atoms with van der Waals surface area (Å²) >= 11 is 0. The van der Waals surface area contributed by atoms with Crippen molar-refractivity contribution < 1.29 is 38.6 Å². The number of aliphatic hydroxyl groups is 1. The maximum absolute atomic E-state index is 13.1. The molecule has 2 rings (SSSR count). The number of aliphatic hydroxyl groups excluding tert-OH is 1. The average Bonchev–Trinajstić information content (AvgIpc) is 3.17. The van der Waals surface area contributed by atoms with E-state index in [0.29, 0.717) is 6.54 Å². The van der Waals surface area contributed by atoms with Crippen LogP contribution in [0, 0.1) is 5.41 Å². The maximum Gasteiger partial charge on any atom is 0.328 e. The van der Waals surface area contributed by atoms with Crippen LogP contribution in [0.25, 0.3) is 0 Å². The summed E-state index contributed by atoms with van der Waals surface area (Å²) in [5.74, 6) is -2.82. The molecule has 13 heteroatoms. The first kappa shape index (κ1) is 49.0. The molecule has 56 heavy (non-hydrogen) atoms. The summed E-state index contributed by atoms with van der Waals surface area (Å²) in [5.41, 5.74) is 9.18. The molecule has 3 atom stereocenters. The first-order valence-corrected chi connectivity index (χ1v) is 19.2. The molecule has 310 valence electrons. The molecule has 0 spiro atoms. The maximum atomic E-state index is 13.1. The molecule has 0 saturated heterocycles. The van der Waals surface area contributed by atoms with E-state index in [1.807, 2.05) is 115 Å². The molecule has 0 aliphatic heterocycles. The molecule has 0 fully saturated rings. The van der Waals surface area contributed by atoms with E-state index in [1.54, 1.807) is 17.0 Å².